The van der Waals surface area contributed by atoms with E-state index in [1.54, 1.807) is 6.07 Å². The van der Waals surface area contributed by atoms with Crippen LogP contribution in [0.4, 0.5) is 10.1 Å². The van der Waals surface area contributed by atoms with Crippen LogP contribution in [0.1, 0.15) is 31.2 Å². The van der Waals surface area contributed by atoms with Crippen LogP contribution in [0.15, 0.2) is 16.6 Å². The van der Waals surface area contributed by atoms with Crippen molar-refractivity contribution in [2.24, 2.45) is 0 Å². The van der Waals surface area contributed by atoms with Crippen LogP contribution in [-0.2, 0) is 9.53 Å². The lowest BCUT2D eigenvalue weighted by Gasteiger charge is -2.11. The third-order valence-corrected chi connectivity index (χ3v) is 3.87. The van der Waals surface area contributed by atoms with Gasteiger partial charge in [0.1, 0.15) is 5.82 Å². The van der Waals surface area contributed by atoms with Crippen molar-refractivity contribution >= 4 is 27.5 Å². The molecule has 1 aromatic carbocycles. The first-order valence-corrected chi connectivity index (χ1v) is 7.22. The van der Waals surface area contributed by atoms with E-state index in [1.807, 2.05) is 6.92 Å². The Balaban J connectivity index is 1.89. The van der Waals surface area contributed by atoms with Crippen molar-refractivity contribution in [3.8, 4) is 0 Å². The minimum Gasteiger partial charge on any atom is -0.378 e. The van der Waals surface area contributed by atoms with Crippen molar-refractivity contribution in [1.29, 1.82) is 0 Å². The van der Waals surface area contributed by atoms with Gasteiger partial charge >= 0.3 is 0 Å². The quantitative estimate of drug-likeness (QED) is 0.912. The highest BCUT2D eigenvalue weighted by atomic mass is 79.9. The maximum Gasteiger partial charge on any atom is 0.224 e. The summed E-state index contributed by atoms with van der Waals surface area (Å²) in [7, 11) is 0. The van der Waals surface area contributed by atoms with Gasteiger partial charge in [-0.15, -0.1) is 0 Å². The molecule has 0 radical (unpaired) electrons. The number of anilines is 1. The van der Waals surface area contributed by atoms with Crippen LogP contribution >= 0.6 is 15.9 Å². The molecule has 1 unspecified atom stereocenters. The first kappa shape index (κ1) is 14.5. The maximum atomic E-state index is 13.4. The molecule has 0 aromatic heterocycles. The topological polar surface area (TPSA) is 38.3 Å². The molecule has 1 amide bonds. The van der Waals surface area contributed by atoms with Crippen molar-refractivity contribution in [1.82, 2.24) is 0 Å². The highest BCUT2D eigenvalue weighted by Crippen LogP contribution is 2.24. The summed E-state index contributed by atoms with van der Waals surface area (Å²) < 4.78 is 19.3. The van der Waals surface area contributed by atoms with Gasteiger partial charge in [0.15, 0.2) is 0 Å². The zero-order valence-corrected chi connectivity index (χ0v) is 12.4. The van der Waals surface area contributed by atoms with Gasteiger partial charge in [0.05, 0.1) is 10.6 Å². The van der Waals surface area contributed by atoms with Crippen molar-refractivity contribution in [2.75, 3.05) is 11.9 Å². The fourth-order valence-corrected chi connectivity index (χ4v) is 2.62. The molecule has 1 aromatic rings. The molecule has 3 nitrogen and oxygen atoms in total. The standard InChI is InChI=1S/C14H17BrFNO2/c1-9-7-11(15)12(16)8-13(9)17-14(18)5-4-10-3-2-6-19-10/h7-8,10H,2-6H2,1H3,(H,17,18). The number of nitrogens with one attached hydrogen (secondary N) is 1. The zero-order valence-electron chi connectivity index (χ0n) is 10.8. The largest absolute Gasteiger partial charge is 0.378 e. The van der Waals surface area contributed by atoms with Crippen LogP contribution in [-0.4, -0.2) is 18.6 Å². The molecule has 0 saturated carbocycles. The molecular formula is C14H17BrFNO2. The zero-order chi connectivity index (χ0) is 13.8. The fourth-order valence-electron chi connectivity index (χ4n) is 2.16. The van der Waals surface area contributed by atoms with E-state index in [1.165, 1.54) is 6.07 Å². The Morgan fingerprint density at radius 3 is 3.05 bits per heavy atom. The molecule has 0 aliphatic carbocycles. The molecule has 1 saturated heterocycles. The molecule has 1 heterocycles. The average Bonchev–Trinajstić information content (AvgIpc) is 2.86. The summed E-state index contributed by atoms with van der Waals surface area (Å²) in [5.41, 5.74) is 1.36. The molecule has 104 valence electrons. The Bertz CT molecular complexity index is 473. The van der Waals surface area contributed by atoms with Gasteiger partial charge in [0.2, 0.25) is 5.91 Å². The number of aryl methyl sites for hydroxylation is 1. The molecule has 2 rings (SSSR count). The number of ether oxygens (including phenoxy) is 1. The predicted octanol–water partition coefficient (Wildman–Crippen LogP) is 3.79. The van der Waals surface area contributed by atoms with E-state index < -0.39 is 0 Å². The SMILES string of the molecule is Cc1cc(Br)c(F)cc1NC(=O)CCC1CCCO1. The highest BCUT2D eigenvalue weighted by molar-refractivity contribution is 9.10. The Morgan fingerprint density at radius 2 is 2.37 bits per heavy atom. The molecule has 1 N–H and O–H groups in total. The van der Waals surface area contributed by atoms with Crippen molar-refractivity contribution in [3.05, 3.63) is 28.0 Å². The Kier molecular flexibility index (Phi) is 4.93. The minimum absolute atomic E-state index is 0.0969. The van der Waals surface area contributed by atoms with E-state index in [-0.39, 0.29) is 17.8 Å². The van der Waals surface area contributed by atoms with Gasteiger partial charge in [0, 0.05) is 18.7 Å². The van der Waals surface area contributed by atoms with Gasteiger partial charge in [-0.25, -0.2) is 4.39 Å². The van der Waals surface area contributed by atoms with E-state index in [4.69, 9.17) is 4.74 Å². The summed E-state index contributed by atoms with van der Waals surface area (Å²) in [6, 6.07) is 2.99. The van der Waals surface area contributed by atoms with E-state index >= 15 is 0 Å². The second-order valence-electron chi connectivity index (χ2n) is 4.80. The molecule has 1 fully saturated rings. The van der Waals surface area contributed by atoms with E-state index in [0.29, 0.717) is 16.6 Å². The summed E-state index contributed by atoms with van der Waals surface area (Å²) in [6.45, 7) is 2.63. The summed E-state index contributed by atoms with van der Waals surface area (Å²) in [4.78, 5) is 11.8. The van der Waals surface area contributed by atoms with Crippen LogP contribution < -0.4 is 5.32 Å². The number of halogens is 2. The van der Waals surface area contributed by atoms with Crippen LogP contribution in [0.5, 0.6) is 0 Å². The summed E-state index contributed by atoms with van der Waals surface area (Å²) >= 11 is 3.12. The van der Waals surface area contributed by atoms with E-state index in [2.05, 4.69) is 21.2 Å². The van der Waals surface area contributed by atoms with Crippen molar-refractivity contribution in [3.63, 3.8) is 0 Å². The van der Waals surface area contributed by atoms with Gasteiger partial charge in [-0.3, -0.25) is 4.79 Å². The molecule has 1 atom stereocenters. The normalized spacial score (nSPS) is 18.6. The van der Waals surface area contributed by atoms with Gasteiger partial charge in [0.25, 0.3) is 0 Å². The smallest absolute Gasteiger partial charge is 0.224 e. The second-order valence-corrected chi connectivity index (χ2v) is 5.66. The molecule has 1 aliphatic rings. The van der Waals surface area contributed by atoms with E-state index in [9.17, 15) is 9.18 Å². The molecular weight excluding hydrogens is 313 g/mol. The van der Waals surface area contributed by atoms with Crippen molar-refractivity contribution in [2.45, 2.75) is 38.7 Å². The number of amides is 1. The van der Waals surface area contributed by atoms with Crippen LogP contribution in [0.25, 0.3) is 0 Å². The molecule has 1 aliphatic heterocycles. The number of hydrogen-bond donors (Lipinski definition) is 1. The average molecular weight is 330 g/mol. The Labute approximate surface area is 120 Å². The van der Waals surface area contributed by atoms with Gasteiger partial charge in [-0.1, -0.05) is 0 Å². The van der Waals surface area contributed by atoms with Gasteiger partial charge in [-0.05, 0) is 59.8 Å². The summed E-state index contributed by atoms with van der Waals surface area (Å²) in [5.74, 6) is -0.472. The lowest BCUT2D eigenvalue weighted by molar-refractivity contribution is -0.116. The number of hydrogen-bond acceptors (Lipinski definition) is 2. The van der Waals surface area contributed by atoms with Gasteiger partial charge in [-0.2, -0.15) is 0 Å². The number of rotatable bonds is 4. The lowest BCUT2D eigenvalue weighted by Crippen LogP contribution is -2.16. The molecule has 0 bridgehead atoms. The molecule has 0 spiro atoms. The third-order valence-electron chi connectivity index (χ3n) is 3.26. The Morgan fingerprint density at radius 1 is 1.58 bits per heavy atom. The van der Waals surface area contributed by atoms with Crippen molar-refractivity contribution < 1.29 is 13.9 Å². The van der Waals surface area contributed by atoms with E-state index in [0.717, 1.165) is 31.4 Å². The fraction of sp³-hybridized carbons (Fsp3) is 0.500. The maximum absolute atomic E-state index is 13.4. The Hall–Kier alpha value is -0.940. The first-order chi connectivity index (χ1) is 9.06. The summed E-state index contributed by atoms with van der Waals surface area (Å²) in [6.07, 6.45) is 3.43. The highest BCUT2D eigenvalue weighted by Gasteiger charge is 2.17. The number of carbonyl (C=O) groups is 1. The monoisotopic (exact) mass is 329 g/mol. The summed E-state index contributed by atoms with van der Waals surface area (Å²) in [5, 5.41) is 2.75. The molecule has 5 heteroatoms. The third kappa shape index (κ3) is 4.01. The predicted molar refractivity (Wildman–Crippen MR) is 75.7 cm³/mol. The first-order valence-electron chi connectivity index (χ1n) is 6.43. The number of carbonyl (C=O) groups excluding carboxylic acids is 1. The van der Waals surface area contributed by atoms with Crippen LogP contribution in [0.2, 0.25) is 0 Å². The van der Waals surface area contributed by atoms with Crippen LogP contribution in [0.3, 0.4) is 0 Å². The van der Waals surface area contributed by atoms with Gasteiger partial charge < -0.3 is 10.1 Å². The number of benzene rings is 1. The molecule has 19 heavy (non-hydrogen) atoms. The van der Waals surface area contributed by atoms with Crippen LogP contribution in [0, 0.1) is 12.7 Å². The lowest BCUT2D eigenvalue weighted by atomic mass is 10.1. The second kappa shape index (κ2) is 6.48. The minimum atomic E-state index is -0.375.